The van der Waals surface area contributed by atoms with Crippen molar-refractivity contribution in [1.29, 1.82) is 0 Å². The molecule has 2 rings (SSSR count). The molecule has 80 valence electrons. The van der Waals surface area contributed by atoms with Crippen LogP contribution in [0.15, 0.2) is 34.3 Å². The molecule has 3 nitrogen and oxygen atoms in total. The van der Waals surface area contributed by atoms with Crippen LogP contribution in [-0.2, 0) is 24.5 Å². The number of ether oxygens (including phenoxy) is 1. The molecule has 0 radical (unpaired) electrons. The Kier molecular flexibility index (Phi) is 3.55. The monoisotopic (exact) mass is 223 g/mol. The molecule has 2 aromatic rings. The summed E-state index contributed by atoms with van der Waals surface area (Å²) >= 11 is 1.69. The van der Waals surface area contributed by atoms with Gasteiger partial charge in [0.25, 0.3) is 0 Å². The Morgan fingerprint density at radius 2 is 2.27 bits per heavy atom. The summed E-state index contributed by atoms with van der Waals surface area (Å²) in [4.78, 5) is 1.22. The molecule has 0 fully saturated rings. The van der Waals surface area contributed by atoms with Gasteiger partial charge in [-0.25, -0.2) is 0 Å². The van der Waals surface area contributed by atoms with E-state index in [1.165, 1.54) is 4.88 Å². The van der Waals surface area contributed by atoms with Crippen molar-refractivity contribution in [2.45, 2.75) is 19.8 Å². The first kappa shape index (κ1) is 10.4. The molecule has 0 aromatic carbocycles. The molecule has 0 saturated heterocycles. The van der Waals surface area contributed by atoms with Crippen LogP contribution < -0.4 is 5.73 Å². The SMILES string of the molecule is NCc1ccoc1COCc1cccs1. The molecule has 4 heteroatoms. The lowest BCUT2D eigenvalue weighted by atomic mass is 10.2. The van der Waals surface area contributed by atoms with Gasteiger partial charge in [-0.1, -0.05) is 6.07 Å². The molecule has 15 heavy (non-hydrogen) atoms. The van der Waals surface area contributed by atoms with Crippen molar-refractivity contribution in [2.75, 3.05) is 0 Å². The van der Waals surface area contributed by atoms with Crippen LogP contribution in [0.1, 0.15) is 16.2 Å². The second-order valence-electron chi connectivity index (χ2n) is 3.15. The molecule has 2 aromatic heterocycles. The molecule has 0 spiro atoms. The summed E-state index contributed by atoms with van der Waals surface area (Å²) in [5.74, 6) is 0.828. The third-order valence-electron chi connectivity index (χ3n) is 2.12. The highest BCUT2D eigenvalue weighted by molar-refractivity contribution is 7.09. The van der Waals surface area contributed by atoms with Crippen molar-refractivity contribution in [3.05, 3.63) is 46.0 Å². The Morgan fingerprint density at radius 1 is 1.33 bits per heavy atom. The molecule has 0 aliphatic carbocycles. The standard InChI is InChI=1S/C11H13NO2S/c12-6-9-3-4-14-11(9)8-13-7-10-2-1-5-15-10/h1-5H,6-8,12H2. The summed E-state index contributed by atoms with van der Waals surface area (Å²) in [5, 5.41) is 2.04. The first-order valence-corrected chi connectivity index (χ1v) is 5.63. The Morgan fingerprint density at radius 3 is 3.00 bits per heavy atom. The van der Waals surface area contributed by atoms with E-state index in [1.54, 1.807) is 17.6 Å². The maximum Gasteiger partial charge on any atom is 0.133 e. The van der Waals surface area contributed by atoms with E-state index in [9.17, 15) is 0 Å². The van der Waals surface area contributed by atoms with Gasteiger partial charge in [0.15, 0.2) is 0 Å². The summed E-state index contributed by atoms with van der Waals surface area (Å²) in [7, 11) is 0. The van der Waals surface area contributed by atoms with Gasteiger partial charge in [-0.15, -0.1) is 11.3 Å². The van der Waals surface area contributed by atoms with E-state index in [2.05, 4.69) is 6.07 Å². The van der Waals surface area contributed by atoms with Crippen LogP contribution >= 0.6 is 11.3 Å². The Balaban J connectivity index is 1.83. The zero-order valence-corrected chi connectivity index (χ0v) is 9.13. The van der Waals surface area contributed by atoms with Gasteiger partial charge >= 0.3 is 0 Å². The van der Waals surface area contributed by atoms with Crippen LogP contribution in [-0.4, -0.2) is 0 Å². The van der Waals surface area contributed by atoms with Crippen LogP contribution in [0.2, 0.25) is 0 Å². The summed E-state index contributed by atoms with van der Waals surface area (Å²) in [5.41, 5.74) is 6.56. The van der Waals surface area contributed by atoms with Gasteiger partial charge in [0.05, 0.1) is 12.9 Å². The van der Waals surface area contributed by atoms with Gasteiger partial charge < -0.3 is 14.9 Å². The fourth-order valence-electron chi connectivity index (χ4n) is 1.31. The van der Waals surface area contributed by atoms with E-state index in [1.807, 2.05) is 17.5 Å². The average molecular weight is 223 g/mol. The zero-order chi connectivity index (χ0) is 10.5. The van der Waals surface area contributed by atoms with E-state index < -0.39 is 0 Å². The van der Waals surface area contributed by atoms with Gasteiger partial charge in [-0.2, -0.15) is 0 Å². The van der Waals surface area contributed by atoms with Crippen LogP contribution in [0.4, 0.5) is 0 Å². The van der Waals surface area contributed by atoms with E-state index in [0.29, 0.717) is 19.8 Å². The minimum absolute atomic E-state index is 0.484. The van der Waals surface area contributed by atoms with E-state index in [4.69, 9.17) is 14.9 Å². The van der Waals surface area contributed by atoms with Gasteiger partial charge in [-0.05, 0) is 17.5 Å². The molecule has 0 amide bonds. The predicted molar refractivity (Wildman–Crippen MR) is 59.4 cm³/mol. The van der Waals surface area contributed by atoms with Gasteiger partial charge in [0.1, 0.15) is 12.4 Å². The van der Waals surface area contributed by atoms with Crippen LogP contribution in [0.3, 0.4) is 0 Å². The first-order valence-electron chi connectivity index (χ1n) is 4.75. The van der Waals surface area contributed by atoms with Crippen molar-refractivity contribution in [1.82, 2.24) is 0 Å². The Labute approximate surface area is 92.5 Å². The molecule has 2 heterocycles. The minimum Gasteiger partial charge on any atom is -0.467 e. The molecule has 0 bridgehead atoms. The lowest BCUT2D eigenvalue weighted by Crippen LogP contribution is -2.00. The van der Waals surface area contributed by atoms with E-state index in [-0.39, 0.29) is 0 Å². The lowest BCUT2D eigenvalue weighted by molar-refractivity contribution is 0.0941. The highest BCUT2D eigenvalue weighted by Crippen LogP contribution is 2.14. The molecule has 0 unspecified atom stereocenters. The minimum atomic E-state index is 0.484. The molecular formula is C11H13NO2S. The molecule has 0 aliphatic rings. The van der Waals surface area contributed by atoms with Gasteiger partial charge in [0.2, 0.25) is 0 Å². The van der Waals surface area contributed by atoms with Gasteiger partial charge in [0, 0.05) is 17.0 Å². The first-order chi connectivity index (χ1) is 7.40. The zero-order valence-electron chi connectivity index (χ0n) is 8.31. The molecule has 0 atom stereocenters. The molecule has 2 N–H and O–H groups in total. The summed E-state index contributed by atoms with van der Waals surface area (Å²) < 4.78 is 10.8. The van der Waals surface area contributed by atoms with Crippen LogP contribution in [0.5, 0.6) is 0 Å². The third kappa shape index (κ3) is 2.68. The second-order valence-corrected chi connectivity index (χ2v) is 4.18. The number of hydrogen-bond donors (Lipinski definition) is 1. The van der Waals surface area contributed by atoms with Crippen molar-refractivity contribution in [3.8, 4) is 0 Å². The average Bonchev–Trinajstić information content (AvgIpc) is 2.88. The smallest absolute Gasteiger partial charge is 0.133 e. The maximum absolute atomic E-state index is 5.55. The van der Waals surface area contributed by atoms with Gasteiger partial charge in [-0.3, -0.25) is 0 Å². The van der Waals surface area contributed by atoms with Crippen LogP contribution in [0, 0.1) is 0 Å². The lowest BCUT2D eigenvalue weighted by Gasteiger charge is -2.01. The largest absolute Gasteiger partial charge is 0.467 e. The Hall–Kier alpha value is -1.10. The fourth-order valence-corrected chi connectivity index (χ4v) is 1.95. The topological polar surface area (TPSA) is 48.4 Å². The van der Waals surface area contributed by atoms with Crippen molar-refractivity contribution < 1.29 is 9.15 Å². The number of nitrogens with two attached hydrogens (primary N) is 1. The quantitative estimate of drug-likeness (QED) is 0.847. The normalized spacial score (nSPS) is 10.7. The second kappa shape index (κ2) is 5.11. The highest BCUT2D eigenvalue weighted by Gasteiger charge is 2.04. The van der Waals surface area contributed by atoms with Crippen LogP contribution in [0.25, 0.3) is 0 Å². The fraction of sp³-hybridized carbons (Fsp3) is 0.273. The highest BCUT2D eigenvalue weighted by atomic mass is 32.1. The maximum atomic E-state index is 5.55. The van der Waals surface area contributed by atoms with E-state index >= 15 is 0 Å². The third-order valence-corrected chi connectivity index (χ3v) is 2.97. The summed E-state index contributed by atoms with van der Waals surface area (Å²) in [6.07, 6.45) is 1.64. The number of thiophene rings is 1. The molecule has 0 saturated carbocycles. The number of furan rings is 1. The van der Waals surface area contributed by atoms with E-state index in [0.717, 1.165) is 11.3 Å². The Bertz CT molecular complexity index is 394. The molecular weight excluding hydrogens is 210 g/mol. The summed E-state index contributed by atoms with van der Waals surface area (Å²) in [6.45, 7) is 1.61. The van der Waals surface area contributed by atoms with Crippen molar-refractivity contribution >= 4 is 11.3 Å². The summed E-state index contributed by atoms with van der Waals surface area (Å²) in [6, 6.07) is 5.95. The number of hydrogen-bond acceptors (Lipinski definition) is 4. The molecule has 0 aliphatic heterocycles. The van der Waals surface area contributed by atoms with Crippen molar-refractivity contribution in [3.63, 3.8) is 0 Å². The predicted octanol–water partition coefficient (Wildman–Crippen LogP) is 2.52. The van der Waals surface area contributed by atoms with Crippen molar-refractivity contribution in [2.24, 2.45) is 5.73 Å². The number of rotatable bonds is 5.